The predicted octanol–water partition coefficient (Wildman–Crippen LogP) is 1.90. The second kappa shape index (κ2) is 4.79. The van der Waals surface area contributed by atoms with Gasteiger partial charge < -0.3 is 5.11 Å². The molecule has 1 heterocycles. The lowest BCUT2D eigenvalue weighted by molar-refractivity contribution is 0.0841. The van der Waals surface area contributed by atoms with Gasteiger partial charge in [0.15, 0.2) is 0 Å². The summed E-state index contributed by atoms with van der Waals surface area (Å²) in [5.41, 5.74) is 1.01. The van der Waals surface area contributed by atoms with Crippen LogP contribution in [0.15, 0.2) is 12.3 Å². The molecule has 1 aromatic rings. The Bertz CT molecular complexity index is 302. The van der Waals surface area contributed by atoms with Crippen molar-refractivity contribution in [2.45, 2.75) is 44.6 Å². The van der Waals surface area contributed by atoms with Crippen LogP contribution < -0.4 is 0 Å². The first kappa shape index (κ1) is 10.7. The van der Waals surface area contributed by atoms with Gasteiger partial charge in [0.2, 0.25) is 0 Å². The Morgan fingerprint density at radius 1 is 1.47 bits per heavy atom. The minimum Gasteiger partial charge on any atom is -0.392 e. The second-order valence-corrected chi connectivity index (χ2v) is 4.65. The fourth-order valence-corrected chi connectivity index (χ4v) is 2.47. The highest BCUT2D eigenvalue weighted by Gasteiger charge is 2.22. The van der Waals surface area contributed by atoms with Crippen LogP contribution in [0.2, 0.25) is 0 Å². The van der Waals surface area contributed by atoms with Crippen molar-refractivity contribution >= 4 is 0 Å². The summed E-state index contributed by atoms with van der Waals surface area (Å²) in [6.45, 7) is 0. The zero-order chi connectivity index (χ0) is 10.7. The van der Waals surface area contributed by atoms with E-state index >= 15 is 0 Å². The quantitative estimate of drug-likeness (QED) is 0.824. The summed E-state index contributed by atoms with van der Waals surface area (Å²) >= 11 is 0. The molecule has 84 valence electrons. The second-order valence-electron chi connectivity index (χ2n) is 4.65. The van der Waals surface area contributed by atoms with E-state index in [1.165, 1.54) is 32.1 Å². The van der Waals surface area contributed by atoms with Crippen LogP contribution >= 0.6 is 0 Å². The van der Waals surface area contributed by atoms with E-state index in [0.717, 1.165) is 5.69 Å². The van der Waals surface area contributed by atoms with Gasteiger partial charge in [-0.15, -0.1) is 0 Å². The Labute approximate surface area is 91.1 Å². The molecule has 3 nitrogen and oxygen atoms in total. The molecular formula is C12H20N2O. The largest absolute Gasteiger partial charge is 0.392 e. The van der Waals surface area contributed by atoms with Crippen molar-refractivity contribution in [2.24, 2.45) is 13.0 Å². The van der Waals surface area contributed by atoms with E-state index in [0.29, 0.717) is 12.3 Å². The van der Waals surface area contributed by atoms with E-state index in [2.05, 4.69) is 5.10 Å². The third-order valence-corrected chi connectivity index (χ3v) is 3.38. The fraction of sp³-hybridized carbons (Fsp3) is 0.750. The average molecular weight is 208 g/mol. The minimum atomic E-state index is -0.194. The van der Waals surface area contributed by atoms with Gasteiger partial charge in [-0.05, 0) is 24.8 Å². The smallest absolute Gasteiger partial charge is 0.0650 e. The SMILES string of the molecule is Cn1ccc(CC(O)C2CCCCC2)n1. The number of aliphatic hydroxyl groups excluding tert-OH is 1. The first-order valence-corrected chi connectivity index (χ1v) is 5.92. The molecule has 1 N–H and O–H groups in total. The molecule has 1 aromatic heterocycles. The highest BCUT2D eigenvalue weighted by molar-refractivity contribution is 5.01. The van der Waals surface area contributed by atoms with Crippen molar-refractivity contribution < 1.29 is 5.11 Å². The molecule has 0 bridgehead atoms. The zero-order valence-corrected chi connectivity index (χ0v) is 9.39. The maximum atomic E-state index is 10.1. The Balaban J connectivity index is 1.88. The molecule has 2 rings (SSSR count). The molecule has 0 saturated heterocycles. The molecule has 0 radical (unpaired) electrons. The van der Waals surface area contributed by atoms with Crippen LogP contribution in [0.25, 0.3) is 0 Å². The Morgan fingerprint density at radius 3 is 2.80 bits per heavy atom. The molecule has 0 amide bonds. The van der Waals surface area contributed by atoms with Gasteiger partial charge in [-0.25, -0.2) is 0 Å². The minimum absolute atomic E-state index is 0.194. The molecule has 0 aromatic carbocycles. The maximum Gasteiger partial charge on any atom is 0.0650 e. The van der Waals surface area contributed by atoms with E-state index in [-0.39, 0.29) is 6.10 Å². The summed E-state index contributed by atoms with van der Waals surface area (Å²) < 4.78 is 1.79. The normalized spacial score (nSPS) is 20.4. The van der Waals surface area contributed by atoms with Crippen molar-refractivity contribution in [2.75, 3.05) is 0 Å². The summed E-state index contributed by atoms with van der Waals surface area (Å²) in [4.78, 5) is 0. The van der Waals surface area contributed by atoms with Crippen LogP contribution in [0, 0.1) is 5.92 Å². The van der Waals surface area contributed by atoms with Crippen LogP contribution in [0.5, 0.6) is 0 Å². The van der Waals surface area contributed by atoms with Crippen molar-refractivity contribution in [3.63, 3.8) is 0 Å². The molecule has 1 unspecified atom stereocenters. The first-order chi connectivity index (χ1) is 7.25. The van der Waals surface area contributed by atoms with Gasteiger partial charge in [0.1, 0.15) is 0 Å². The first-order valence-electron chi connectivity index (χ1n) is 5.92. The lowest BCUT2D eigenvalue weighted by Crippen LogP contribution is -2.25. The number of aromatic nitrogens is 2. The standard InChI is InChI=1S/C12H20N2O/c1-14-8-7-11(13-14)9-12(15)10-5-3-2-4-6-10/h7-8,10,12,15H,2-6,9H2,1H3. The molecule has 1 saturated carbocycles. The maximum absolute atomic E-state index is 10.1. The summed E-state index contributed by atoms with van der Waals surface area (Å²) in [7, 11) is 1.91. The summed E-state index contributed by atoms with van der Waals surface area (Å²) in [5, 5.41) is 14.4. The van der Waals surface area contributed by atoms with Crippen LogP contribution in [0.1, 0.15) is 37.8 Å². The van der Waals surface area contributed by atoms with E-state index < -0.39 is 0 Å². The molecule has 0 aliphatic heterocycles. The van der Waals surface area contributed by atoms with Crippen molar-refractivity contribution in [1.29, 1.82) is 0 Å². The number of rotatable bonds is 3. The zero-order valence-electron chi connectivity index (χ0n) is 9.39. The lowest BCUT2D eigenvalue weighted by atomic mass is 9.84. The van der Waals surface area contributed by atoms with Crippen LogP contribution in [0.3, 0.4) is 0 Å². The Kier molecular flexibility index (Phi) is 3.41. The highest BCUT2D eigenvalue weighted by Crippen LogP contribution is 2.27. The molecular weight excluding hydrogens is 188 g/mol. The van der Waals surface area contributed by atoms with Gasteiger partial charge in [-0.3, -0.25) is 4.68 Å². The third-order valence-electron chi connectivity index (χ3n) is 3.38. The number of aryl methyl sites for hydroxylation is 1. The van der Waals surface area contributed by atoms with Crippen LogP contribution in [0.4, 0.5) is 0 Å². The van der Waals surface area contributed by atoms with Gasteiger partial charge in [-0.2, -0.15) is 5.10 Å². The van der Waals surface area contributed by atoms with E-state index in [1.54, 1.807) is 4.68 Å². The number of aliphatic hydroxyl groups is 1. The van der Waals surface area contributed by atoms with Crippen molar-refractivity contribution in [3.05, 3.63) is 18.0 Å². The van der Waals surface area contributed by atoms with E-state index in [4.69, 9.17) is 0 Å². The van der Waals surface area contributed by atoms with E-state index in [9.17, 15) is 5.11 Å². The predicted molar refractivity (Wildman–Crippen MR) is 59.5 cm³/mol. The van der Waals surface area contributed by atoms with E-state index in [1.807, 2.05) is 19.3 Å². The third kappa shape index (κ3) is 2.81. The molecule has 3 heteroatoms. The molecule has 1 aliphatic carbocycles. The van der Waals surface area contributed by atoms with Gasteiger partial charge >= 0.3 is 0 Å². The summed E-state index contributed by atoms with van der Waals surface area (Å²) in [6.07, 6.45) is 8.73. The van der Waals surface area contributed by atoms with Gasteiger partial charge in [0, 0.05) is 19.7 Å². The van der Waals surface area contributed by atoms with Gasteiger partial charge in [0.05, 0.1) is 11.8 Å². The van der Waals surface area contributed by atoms with Crippen LogP contribution in [-0.2, 0) is 13.5 Å². The number of hydrogen-bond donors (Lipinski definition) is 1. The highest BCUT2D eigenvalue weighted by atomic mass is 16.3. The molecule has 15 heavy (non-hydrogen) atoms. The average Bonchev–Trinajstić information content (AvgIpc) is 2.65. The monoisotopic (exact) mass is 208 g/mol. The fourth-order valence-electron chi connectivity index (χ4n) is 2.47. The summed E-state index contributed by atoms with van der Waals surface area (Å²) in [6, 6.07) is 1.99. The molecule has 1 aliphatic rings. The summed E-state index contributed by atoms with van der Waals surface area (Å²) in [5.74, 6) is 0.501. The topological polar surface area (TPSA) is 38.0 Å². The molecule has 1 atom stereocenters. The van der Waals surface area contributed by atoms with Crippen molar-refractivity contribution in [1.82, 2.24) is 9.78 Å². The number of hydrogen-bond acceptors (Lipinski definition) is 2. The Morgan fingerprint density at radius 2 is 2.20 bits per heavy atom. The lowest BCUT2D eigenvalue weighted by Gasteiger charge is -2.26. The number of nitrogens with zero attached hydrogens (tertiary/aromatic N) is 2. The van der Waals surface area contributed by atoms with Crippen LogP contribution in [-0.4, -0.2) is 21.0 Å². The molecule has 0 spiro atoms. The van der Waals surface area contributed by atoms with Gasteiger partial charge in [0.25, 0.3) is 0 Å². The Hall–Kier alpha value is -0.830. The van der Waals surface area contributed by atoms with Crippen molar-refractivity contribution in [3.8, 4) is 0 Å². The molecule has 1 fully saturated rings. The van der Waals surface area contributed by atoms with Gasteiger partial charge in [-0.1, -0.05) is 19.3 Å².